The van der Waals surface area contributed by atoms with E-state index in [1.54, 1.807) is 31.2 Å². The molecular weight excluding hydrogens is 428 g/mol. The monoisotopic (exact) mass is 452 g/mol. The fourth-order valence-corrected chi connectivity index (χ4v) is 6.12. The molecule has 1 aliphatic rings. The van der Waals surface area contributed by atoms with Crippen LogP contribution in [-0.4, -0.2) is 26.6 Å². The highest BCUT2D eigenvalue weighted by Gasteiger charge is 2.23. The Labute approximate surface area is 187 Å². The minimum absolute atomic E-state index is 0.182. The van der Waals surface area contributed by atoms with Crippen molar-refractivity contribution in [3.05, 3.63) is 83.9 Å². The maximum absolute atomic E-state index is 13.1. The molecule has 160 valence electrons. The Kier molecular flexibility index (Phi) is 6.34. The number of para-hydroxylation sites is 1. The van der Waals surface area contributed by atoms with Crippen LogP contribution in [0, 0.1) is 0 Å². The van der Waals surface area contributed by atoms with Crippen molar-refractivity contribution in [3.63, 3.8) is 0 Å². The van der Waals surface area contributed by atoms with Gasteiger partial charge in [-0.25, -0.2) is 8.42 Å². The third-order valence-corrected chi connectivity index (χ3v) is 8.32. The van der Waals surface area contributed by atoms with Gasteiger partial charge in [0.25, 0.3) is 15.9 Å². The molecule has 31 heavy (non-hydrogen) atoms. The average Bonchev–Trinajstić information content (AvgIpc) is 2.80. The molecule has 1 N–H and O–H groups in total. The summed E-state index contributed by atoms with van der Waals surface area (Å²) in [4.78, 5) is 14.1. The smallest absolute Gasteiger partial charge is 0.264 e. The Hall–Kier alpha value is -2.77. The lowest BCUT2D eigenvalue weighted by molar-refractivity contribution is 0.102. The fourth-order valence-electron chi connectivity index (χ4n) is 3.63. The molecule has 0 unspecified atom stereocenters. The van der Waals surface area contributed by atoms with E-state index in [1.807, 2.05) is 48.2 Å². The summed E-state index contributed by atoms with van der Waals surface area (Å²) < 4.78 is 27.6. The van der Waals surface area contributed by atoms with E-state index in [4.69, 9.17) is 0 Å². The molecule has 1 heterocycles. The molecule has 0 saturated carbocycles. The van der Waals surface area contributed by atoms with Gasteiger partial charge in [-0.2, -0.15) is 0 Å². The first kappa shape index (κ1) is 21.5. The largest absolute Gasteiger partial charge is 0.322 e. The number of hydrogen-bond acceptors (Lipinski definition) is 4. The van der Waals surface area contributed by atoms with E-state index in [2.05, 4.69) is 5.32 Å². The molecule has 0 bridgehead atoms. The molecule has 3 aromatic carbocycles. The molecule has 0 radical (unpaired) electrons. The molecule has 1 aliphatic heterocycles. The third kappa shape index (κ3) is 4.62. The van der Waals surface area contributed by atoms with Gasteiger partial charge in [0.1, 0.15) is 0 Å². The lowest BCUT2D eigenvalue weighted by Gasteiger charge is -2.23. The number of anilines is 2. The van der Waals surface area contributed by atoms with Crippen LogP contribution in [0.5, 0.6) is 0 Å². The summed E-state index contributed by atoms with van der Waals surface area (Å²) in [7, 11) is -3.69. The number of hydrogen-bond donors (Lipinski definition) is 1. The Morgan fingerprint density at radius 2 is 1.77 bits per heavy atom. The van der Waals surface area contributed by atoms with E-state index in [1.165, 1.54) is 26.9 Å². The molecule has 0 spiro atoms. The Balaban J connectivity index is 1.51. The van der Waals surface area contributed by atoms with Gasteiger partial charge in [0.15, 0.2) is 0 Å². The highest BCUT2D eigenvalue weighted by molar-refractivity contribution is 7.99. The van der Waals surface area contributed by atoms with Gasteiger partial charge in [-0.05, 0) is 85.7 Å². The van der Waals surface area contributed by atoms with E-state index in [-0.39, 0.29) is 10.8 Å². The van der Waals surface area contributed by atoms with Gasteiger partial charge in [-0.3, -0.25) is 9.10 Å². The SMILES string of the molecule is CCN(c1ccccc1)S(=O)(=O)c1ccc(NC(=O)c2ccc3c(c2)CCCS3)cc1. The van der Waals surface area contributed by atoms with Gasteiger partial charge in [0.05, 0.1) is 10.6 Å². The number of benzene rings is 3. The topological polar surface area (TPSA) is 66.5 Å². The summed E-state index contributed by atoms with van der Waals surface area (Å²) in [5, 5.41) is 2.86. The standard InChI is InChI=1S/C24H24N2O3S2/c1-2-26(21-8-4-3-5-9-21)31(28,29)22-13-11-20(12-14-22)25-24(27)19-10-15-23-18(17-19)7-6-16-30-23/h3-5,8-15,17H,2,6-7,16H2,1H3,(H,25,27). The first-order valence-corrected chi connectivity index (χ1v) is 12.7. The van der Waals surface area contributed by atoms with Gasteiger partial charge in [0.2, 0.25) is 0 Å². The van der Waals surface area contributed by atoms with Crippen molar-refractivity contribution in [1.29, 1.82) is 0 Å². The zero-order chi connectivity index (χ0) is 21.8. The predicted octanol–water partition coefficient (Wildman–Crippen LogP) is 5.19. The van der Waals surface area contributed by atoms with Gasteiger partial charge in [-0.1, -0.05) is 18.2 Å². The number of amides is 1. The number of fused-ring (bicyclic) bond motifs is 1. The maximum atomic E-state index is 13.1. The van der Waals surface area contributed by atoms with Crippen LogP contribution >= 0.6 is 11.8 Å². The molecule has 1 amide bonds. The summed E-state index contributed by atoms with van der Waals surface area (Å²) in [5.74, 6) is 0.918. The quantitative estimate of drug-likeness (QED) is 0.559. The van der Waals surface area contributed by atoms with E-state index in [0.29, 0.717) is 23.5 Å². The van der Waals surface area contributed by atoms with Crippen molar-refractivity contribution in [2.24, 2.45) is 0 Å². The zero-order valence-corrected chi connectivity index (χ0v) is 18.9. The van der Waals surface area contributed by atoms with Crippen LogP contribution in [0.25, 0.3) is 0 Å². The fraction of sp³-hybridized carbons (Fsp3) is 0.208. The molecule has 0 fully saturated rings. The summed E-state index contributed by atoms with van der Waals surface area (Å²) >= 11 is 1.83. The van der Waals surface area contributed by atoms with Crippen molar-refractivity contribution in [2.75, 3.05) is 21.9 Å². The van der Waals surface area contributed by atoms with E-state index < -0.39 is 10.0 Å². The van der Waals surface area contributed by atoms with Crippen LogP contribution in [0.3, 0.4) is 0 Å². The zero-order valence-electron chi connectivity index (χ0n) is 17.2. The van der Waals surface area contributed by atoms with E-state index >= 15 is 0 Å². The molecular formula is C24H24N2O3S2. The third-order valence-electron chi connectivity index (χ3n) is 5.20. The molecule has 0 atom stereocenters. The maximum Gasteiger partial charge on any atom is 0.264 e. The number of sulfonamides is 1. The van der Waals surface area contributed by atoms with Crippen LogP contribution in [0.4, 0.5) is 11.4 Å². The van der Waals surface area contributed by atoms with E-state index in [9.17, 15) is 13.2 Å². The highest BCUT2D eigenvalue weighted by Crippen LogP contribution is 2.31. The molecule has 0 aromatic heterocycles. The number of carbonyl (C=O) groups excluding carboxylic acids is 1. The normalized spacial score (nSPS) is 13.3. The number of nitrogens with zero attached hydrogens (tertiary/aromatic N) is 1. The summed E-state index contributed by atoms with van der Waals surface area (Å²) in [6, 6.07) is 21.1. The summed E-state index contributed by atoms with van der Waals surface area (Å²) in [6.07, 6.45) is 2.11. The summed E-state index contributed by atoms with van der Waals surface area (Å²) in [6.45, 7) is 2.12. The Morgan fingerprint density at radius 1 is 1.03 bits per heavy atom. The predicted molar refractivity (Wildman–Crippen MR) is 127 cm³/mol. The van der Waals surface area contributed by atoms with Crippen molar-refractivity contribution in [3.8, 4) is 0 Å². The molecule has 0 aliphatic carbocycles. The first-order valence-electron chi connectivity index (χ1n) is 10.2. The first-order chi connectivity index (χ1) is 15.0. The van der Waals surface area contributed by atoms with Crippen molar-refractivity contribution >= 4 is 39.1 Å². The van der Waals surface area contributed by atoms with Crippen LogP contribution in [0.15, 0.2) is 82.6 Å². The van der Waals surface area contributed by atoms with Crippen LogP contribution in [0.1, 0.15) is 29.3 Å². The number of rotatable bonds is 6. The van der Waals surface area contributed by atoms with E-state index in [0.717, 1.165) is 18.6 Å². The molecule has 3 aromatic rings. The van der Waals surface area contributed by atoms with Gasteiger partial charge >= 0.3 is 0 Å². The second kappa shape index (κ2) is 9.16. The van der Waals surface area contributed by atoms with Crippen molar-refractivity contribution < 1.29 is 13.2 Å². The second-order valence-corrected chi connectivity index (χ2v) is 10.3. The minimum Gasteiger partial charge on any atom is -0.322 e. The summed E-state index contributed by atoms with van der Waals surface area (Å²) in [5.41, 5.74) is 3.00. The lowest BCUT2D eigenvalue weighted by Crippen LogP contribution is -2.30. The molecule has 5 nitrogen and oxygen atoms in total. The lowest BCUT2D eigenvalue weighted by atomic mass is 10.1. The van der Waals surface area contributed by atoms with Gasteiger partial charge in [-0.15, -0.1) is 11.8 Å². The average molecular weight is 453 g/mol. The second-order valence-electron chi connectivity index (χ2n) is 7.26. The molecule has 7 heteroatoms. The number of thioether (sulfide) groups is 1. The Bertz CT molecular complexity index is 1180. The minimum atomic E-state index is -3.69. The van der Waals surface area contributed by atoms with Crippen molar-refractivity contribution in [2.45, 2.75) is 29.6 Å². The van der Waals surface area contributed by atoms with Crippen LogP contribution < -0.4 is 9.62 Å². The van der Waals surface area contributed by atoms with Gasteiger partial charge < -0.3 is 5.32 Å². The molecule has 4 rings (SSSR count). The van der Waals surface area contributed by atoms with Crippen molar-refractivity contribution in [1.82, 2.24) is 0 Å². The van der Waals surface area contributed by atoms with Crippen LogP contribution in [0.2, 0.25) is 0 Å². The number of carbonyl (C=O) groups is 1. The number of aryl methyl sites for hydroxylation is 1. The number of nitrogens with one attached hydrogen (secondary N) is 1. The molecule has 0 saturated heterocycles. The van der Waals surface area contributed by atoms with Crippen LogP contribution in [-0.2, 0) is 16.4 Å². The van der Waals surface area contributed by atoms with Gasteiger partial charge in [0, 0.05) is 22.7 Å². The highest BCUT2D eigenvalue weighted by atomic mass is 32.2. The Morgan fingerprint density at radius 3 is 2.48 bits per heavy atom.